The van der Waals surface area contributed by atoms with Crippen LogP contribution in [0.25, 0.3) is 0 Å². The average Bonchev–Trinajstić information content (AvgIpc) is 2.49. The van der Waals surface area contributed by atoms with E-state index in [0.29, 0.717) is 26.3 Å². The number of amides is 1. The molecule has 1 saturated heterocycles. The minimum absolute atomic E-state index is 0.118. The lowest BCUT2D eigenvalue weighted by atomic mass is 10.0. The molecule has 0 radical (unpaired) electrons. The van der Waals surface area contributed by atoms with E-state index >= 15 is 0 Å². The first-order valence-corrected chi connectivity index (χ1v) is 6.64. The number of benzene rings is 1. The normalized spacial score (nSPS) is 21.4. The summed E-state index contributed by atoms with van der Waals surface area (Å²) < 4.78 is 10.7. The first-order valence-electron chi connectivity index (χ1n) is 6.64. The highest BCUT2D eigenvalue weighted by atomic mass is 16.5. The Balaban J connectivity index is 2.32. The van der Waals surface area contributed by atoms with Crippen LogP contribution in [0.15, 0.2) is 24.3 Å². The van der Waals surface area contributed by atoms with Crippen LogP contribution in [0, 0.1) is 0 Å². The van der Waals surface area contributed by atoms with Gasteiger partial charge in [0, 0.05) is 18.7 Å². The van der Waals surface area contributed by atoms with Crippen molar-refractivity contribution in [1.29, 1.82) is 0 Å². The molecule has 1 amide bonds. The van der Waals surface area contributed by atoms with Crippen molar-refractivity contribution in [2.24, 2.45) is 11.5 Å². The van der Waals surface area contributed by atoms with Gasteiger partial charge >= 0.3 is 0 Å². The fraction of sp³-hybridized carbons (Fsp3) is 0.500. The van der Waals surface area contributed by atoms with E-state index in [0.717, 1.165) is 11.3 Å². The number of methoxy groups -OCH3 is 1. The molecule has 1 aliphatic rings. The maximum Gasteiger partial charge on any atom is 0.237 e. The second-order valence-electron chi connectivity index (χ2n) is 4.72. The molecule has 0 saturated carbocycles. The van der Waals surface area contributed by atoms with Gasteiger partial charge in [-0.1, -0.05) is 18.2 Å². The van der Waals surface area contributed by atoms with E-state index in [1.165, 1.54) is 0 Å². The number of hydrogen-bond acceptors (Lipinski definition) is 5. The smallest absolute Gasteiger partial charge is 0.237 e. The number of rotatable bonds is 5. The summed E-state index contributed by atoms with van der Waals surface area (Å²) in [5, 5.41) is 0. The number of carbonyl (C=O) groups is 1. The maximum absolute atomic E-state index is 11.6. The predicted molar refractivity (Wildman–Crippen MR) is 75.3 cm³/mol. The van der Waals surface area contributed by atoms with Crippen molar-refractivity contribution < 1.29 is 14.3 Å². The number of hydrogen-bond donors (Lipinski definition) is 2. The lowest BCUT2D eigenvalue weighted by molar-refractivity contribution is -0.131. The minimum atomic E-state index is -0.456. The highest BCUT2D eigenvalue weighted by molar-refractivity contribution is 5.80. The van der Waals surface area contributed by atoms with E-state index in [-0.39, 0.29) is 6.04 Å². The second-order valence-corrected chi connectivity index (χ2v) is 4.72. The zero-order chi connectivity index (χ0) is 14.5. The third-order valence-corrected chi connectivity index (χ3v) is 3.62. The summed E-state index contributed by atoms with van der Waals surface area (Å²) >= 11 is 0. The molecule has 4 N–H and O–H groups in total. The summed E-state index contributed by atoms with van der Waals surface area (Å²) in [5.41, 5.74) is 12.4. The molecule has 0 bridgehead atoms. The van der Waals surface area contributed by atoms with Crippen LogP contribution in [0.1, 0.15) is 11.6 Å². The number of nitrogens with two attached hydrogens (primary N) is 2. The Morgan fingerprint density at radius 2 is 2.30 bits per heavy atom. The number of nitrogens with zero attached hydrogens (tertiary/aromatic N) is 1. The van der Waals surface area contributed by atoms with E-state index in [9.17, 15) is 4.79 Å². The number of morpholine rings is 1. The maximum atomic E-state index is 11.6. The summed E-state index contributed by atoms with van der Waals surface area (Å²) in [6, 6.07) is 7.11. The van der Waals surface area contributed by atoms with Crippen LogP contribution in [-0.4, -0.2) is 50.3 Å². The number of primary amides is 1. The van der Waals surface area contributed by atoms with Crippen LogP contribution in [-0.2, 0) is 9.53 Å². The zero-order valence-electron chi connectivity index (χ0n) is 11.6. The molecule has 20 heavy (non-hydrogen) atoms. The van der Waals surface area contributed by atoms with Gasteiger partial charge in [-0.15, -0.1) is 0 Å². The van der Waals surface area contributed by atoms with Crippen LogP contribution in [0.5, 0.6) is 5.75 Å². The highest BCUT2D eigenvalue weighted by Crippen LogP contribution is 2.30. The molecule has 0 aromatic heterocycles. The fourth-order valence-corrected chi connectivity index (χ4v) is 2.62. The molecule has 2 unspecified atom stereocenters. The van der Waals surface area contributed by atoms with Gasteiger partial charge in [0.25, 0.3) is 0 Å². The quantitative estimate of drug-likeness (QED) is 0.784. The van der Waals surface area contributed by atoms with Crippen molar-refractivity contribution in [3.05, 3.63) is 29.8 Å². The lowest BCUT2D eigenvalue weighted by Crippen LogP contribution is -2.54. The highest BCUT2D eigenvalue weighted by Gasteiger charge is 2.34. The molecule has 1 aromatic rings. The minimum Gasteiger partial charge on any atom is -0.496 e. The zero-order valence-corrected chi connectivity index (χ0v) is 11.6. The van der Waals surface area contributed by atoms with Crippen LogP contribution < -0.4 is 16.2 Å². The molecule has 2 atom stereocenters. The Kier molecular flexibility index (Phi) is 4.94. The van der Waals surface area contributed by atoms with Gasteiger partial charge in [-0.3, -0.25) is 9.69 Å². The molecule has 1 aliphatic heterocycles. The van der Waals surface area contributed by atoms with Crippen LogP contribution in [0.2, 0.25) is 0 Å². The van der Waals surface area contributed by atoms with Crippen molar-refractivity contribution in [2.45, 2.75) is 12.1 Å². The van der Waals surface area contributed by atoms with Gasteiger partial charge in [0.1, 0.15) is 11.8 Å². The first kappa shape index (κ1) is 14.8. The van der Waals surface area contributed by atoms with Gasteiger partial charge in [-0.25, -0.2) is 0 Å². The van der Waals surface area contributed by atoms with Crippen molar-refractivity contribution in [3.8, 4) is 5.75 Å². The Bertz CT molecular complexity index is 467. The van der Waals surface area contributed by atoms with Gasteiger partial charge in [0.2, 0.25) is 5.91 Å². The SMILES string of the molecule is COc1ccccc1C(CN)N1CCOCC1C(N)=O. The summed E-state index contributed by atoms with van der Waals surface area (Å²) in [6.45, 7) is 1.87. The van der Waals surface area contributed by atoms with Gasteiger partial charge in [-0.2, -0.15) is 0 Å². The van der Waals surface area contributed by atoms with Crippen molar-refractivity contribution in [2.75, 3.05) is 33.4 Å². The average molecular weight is 279 g/mol. The molecule has 6 heteroatoms. The van der Waals surface area contributed by atoms with E-state index in [2.05, 4.69) is 0 Å². The fourth-order valence-electron chi connectivity index (χ4n) is 2.62. The third kappa shape index (κ3) is 2.92. The van der Waals surface area contributed by atoms with Crippen molar-refractivity contribution in [1.82, 2.24) is 4.90 Å². The van der Waals surface area contributed by atoms with Gasteiger partial charge in [-0.05, 0) is 6.07 Å². The summed E-state index contributed by atoms with van der Waals surface area (Å²) in [6.07, 6.45) is 0. The number of ether oxygens (including phenoxy) is 2. The van der Waals surface area contributed by atoms with E-state index in [4.69, 9.17) is 20.9 Å². The van der Waals surface area contributed by atoms with E-state index in [1.54, 1.807) is 7.11 Å². The Morgan fingerprint density at radius 1 is 1.55 bits per heavy atom. The Morgan fingerprint density at radius 3 is 2.95 bits per heavy atom. The van der Waals surface area contributed by atoms with E-state index < -0.39 is 11.9 Å². The molecule has 1 fully saturated rings. The topological polar surface area (TPSA) is 90.8 Å². The van der Waals surface area contributed by atoms with E-state index in [1.807, 2.05) is 29.2 Å². The summed E-state index contributed by atoms with van der Waals surface area (Å²) in [7, 11) is 1.62. The van der Waals surface area contributed by atoms with Crippen molar-refractivity contribution in [3.63, 3.8) is 0 Å². The summed E-state index contributed by atoms with van der Waals surface area (Å²) in [5.74, 6) is 0.371. The molecule has 1 aromatic carbocycles. The molecule has 6 nitrogen and oxygen atoms in total. The molecular formula is C14H21N3O3. The monoisotopic (exact) mass is 279 g/mol. The summed E-state index contributed by atoms with van der Waals surface area (Å²) in [4.78, 5) is 13.6. The predicted octanol–water partition coefficient (Wildman–Crippen LogP) is -0.119. The van der Waals surface area contributed by atoms with Gasteiger partial charge in [0.15, 0.2) is 0 Å². The Hall–Kier alpha value is -1.63. The molecule has 1 heterocycles. The van der Waals surface area contributed by atoms with Gasteiger partial charge in [0.05, 0.1) is 26.4 Å². The Labute approximate surface area is 118 Å². The second kappa shape index (κ2) is 6.69. The number of carbonyl (C=O) groups excluding carboxylic acids is 1. The van der Waals surface area contributed by atoms with Crippen LogP contribution in [0.4, 0.5) is 0 Å². The third-order valence-electron chi connectivity index (χ3n) is 3.62. The molecule has 0 spiro atoms. The van der Waals surface area contributed by atoms with Crippen LogP contribution >= 0.6 is 0 Å². The van der Waals surface area contributed by atoms with Crippen LogP contribution in [0.3, 0.4) is 0 Å². The standard InChI is InChI=1S/C14H21N3O3/c1-19-13-5-3-2-4-10(13)11(8-15)17-6-7-20-9-12(17)14(16)18/h2-5,11-12H,6-9,15H2,1H3,(H2,16,18). The largest absolute Gasteiger partial charge is 0.496 e. The van der Waals surface area contributed by atoms with Gasteiger partial charge < -0.3 is 20.9 Å². The first-order chi connectivity index (χ1) is 9.69. The molecule has 110 valence electrons. The molecular weight excluding hydrogens is 258 g/mol. The lowest BCUT2D eigenvalue weighted by Gasteiger charge is -2.39. The van der Waals surface area contributed by atoms with Crippen molar-refractivity contribution >= 4 is 5.91 Å². The number of para-hydroxylation sites is 1. The molecule has 2 rings (SSSR count). The molecule has 0 aliphatic carbocycles.